The predicted molar refractivity (Wildman–Crippen MR) is 297 cm³/mol. The molecule has 6 aliphatic heterocycles. The molecule has 6 heterocycles. The SMILES string of the molecule is C.C.CC1CC[C@@H](CN2CCC3(CC2)CC3(F)F)N1.CNC(=O)Nc1ccc2c(c1)CC[C@@]21OC(=O)N(CC(=O)N2C(C)CC[C@H]2CN2CCC3(CC2)CC3(F)F)C1=O.CNC(=O)Nc1ccc2c(c1)CC[C@@]21OC(=O)N(CC(=O)O)C1=O. The van der Waals surface area contributed by atoms with Gasteiger partial charge in [0.05, 0.1) is 0 Å². The van der Waals surface area contributed by atoms with Gasteiger partial charge in [-0.15, -0.1) is 0 Å². The second kappa shape index (κ2) is 23.5. The van der Waals surface area contributed by atoms with Crippen molar-refractivity contribution in [3.63, 3.8) is 0 Å². The number of amides is 9. The number of rotatable bonds is 10. The number of nitrogens with zero attached hydrogens (tertiary/aromatic N) is 5. The number of imide groups is 2. The number of aliphatic carboxylic acids is 1. The predicted octanol–water partition coefficient (Wildman–Crippen LogP) is 7.22. The summed E-state index contributed by atoms with van der Waals surface area (Å²) in [5.41, 5.74) is -0.597. The van der Waals surface area contributed by atoms with Crippen molar-refractivity contribution in [3.8, 4) is 0 Å². The summed E-state index contributed by atoms with van der Waals surface area (Å²) in [6.07, 6.45) is 6.19. The first-order valence-electron chi connectivity index (χ1n) is 28.2. The van der Waals surface area contributed by atoms with Crippen LogP contribution in [0.4, 0.5) is 48.1 Å². The van der Waals surface area contributed by atoms with Crippen LogP contribution < -0.4 is 26.6 Å². The van der Waals surface area contributed by atoms with E-state index in [2.05, 4.69) is 43.3 Å². The molecule has 0 radical (unpaired) electrons. The van der Waals surface area contributed by atoms with Crippen LogP contribution in [-0.2, 0) is 52.7 Å². The Morgan fingerprint density at radius 3 is 1.49 bits per heavy atom. The lowest BCUT2D eigenvalue weighted by Crippen LogP contribution is -2.51. The lowest BCUT2D eigenvalue weighted by molar-refractivity contribution is -0.144. The quantitative estimate of drug-likeness (QED) is 0.129. The van der Waals surface area contributed by atoms with Gasteiger partial charge in [-0.05, 0) is 140 Å². The molecule has 6 atom stereocenters. The van der Waals surface area contributed by atoms with Crippen LogP contribution in [0.15, 0.2) is 36.4 Å². The first-order chi connectivity index (χ1) is 38.4. The number of carbonyl (C=O) groups excluding carboxylic acids is 7. The normalized spacial score (nSPS) is 28.9. The number of carbonyl (C=O) groups is 8. The summed E-state index contributed by atoms with van der Waals surface area (Å²) >= 11 is 0. The molecule has 2 aromatic carbocycles. The molecule has 2 aromatic rings. The molecule has 2 saturated carbocycles. The van der Waals surface area contributed by atoms with Crippen molar-refractivity contribution in [1.29, 1.82) is 0 Å². The van der Waals surface area contributed by atoms with Crippen molar-refractivity contribution >= 4 is 59.3 Å². The Hall–Kier alpha value is -6.60. The summed E-state index contributed by atoms with van der Waals surface area (Å²) in [4.78, 5) is 106. The molecule has 456 valence electrons. The number of anilines is 2. The zero-order chi connectivity index (χ0) is 58.0. The Morgan fingerprint density at radius 1 is 0.639 bits per heavy atom. The van der Waals surface area contributed by atoms with Gasteiger partial charge in [0.25, 0.3) is 23.7 Å². The Balaban J connectivity index is 0.000000178. The van der Waals surface area contributed by atoms with Crippen molar-refractivity contribution in [3.05, 3.63) is 58.7 Å². The maximum atomic E-state index is 13.8. The number of piperidine rings is 2. The Labute approximate surface area is 481 Å². The summed E-state index contributed by atoms with van der Waals surface area (Å²) < 4.78 is 65.0. The molecule has 8 fully saturated rings. The second-order valence-electron chi connectivity index (χ2n) is 23.9. The first-order valence-corrected chi connectivity index (χ1v) is 28.2. The van der Waals surface area contributed by atoms with Crippen LogP contribution >= 0.6 is 0 Å². The van der Waals surface area contributed by atoms with Gasteiger partial charge in [0, 0.05) is 110 Å². The maximum Gasteiger partial charge on any atom is 0.418 e. The smallest absolute Gasteiger partial charge is 0.418 e. The lowest BCUT2D eigenvalue weighted by Gasteiger charge is -2.37. The molecule has 4 aliphatic carbocycles. The summed E-state index contributed by atoms with van der Waals surface area (Å²) in [6.45, 7) is 7.58. The summed E-state index contributed by atoms with van der Waals surface area (Å²) in [6, 6.07) is 10.3. The molecule has 6 saturated heterocycles. The van der Waals surface area contributed by atoms with Crippen LogP contribution in [0.5, 0.6) is 0 Å². The van der Waals surface area contributed by atoms with E-state index in [0.717, 1.165) is 48.5 Å². The zero-order valence-corrected chi connectivity index (χ0v) is 46.1. The molecule has 10 aliphatic rings. The number of ether oxygens (including phenoxy) is 2. The number of alkyl halides is 4. The van der Waals surface area contributed by atoms with E-state index in [9.17, 15) is 55.9 Å². The fourth-order valence-electron chi connectivity index (χ4n) is 13.8. The van der Waals surface area contributed by atoms with Crippen molar-refractivity contribution in [1.82, 2.24) is 40.4 Å². The Kier molecular flexibility index (Phi) is 17.6. The topological polar surface area (TPSA) is 252 Å². The van der Waals surface area contributed by atoms with E-state index in [1.807, 2.05) is 6.92 Å². The highest BCUT2D eigenvalue weighted by atomic mass is 19.3. The van der Waals surface area contributed by atoms with Crippen LogP contribution in [-0.4, -0.2) is 180 Å². The molecule has 21 nitrogen and oxygen atoms in total. The fourth-order valence-corrected chi connectivity index (χ4v) is 13.8. The number of nitrogens with one attached hydrogen (secondary N) is 5. The average Bonchev–Trinajstić information content (AvgIpc) is 1.74. The van der Waals surface area contributed by atoms with Crippen molar-refractivity contribution in [2.45, 2.75) is 166 Å². The van der Waals surface area contributed by atoms with E-state index < -0.39 is 76.9 Å². The number of urea groups is 2. The number of aryl methyl sites for hydroxylation is 2. The van der Waals surface area contributed by atoms with E-state index in [1.165, 1.54) is 26.9 Å². The molecule has 4 spiro atoms. The minimum atomic E-state index is -2.54. The van der Waals surface area contributed by atoms with Gasteiger partial charge in [-0.2, -0.15) is 0 Å². The minimum absolute atomic E-state index is 0. The molecular formula is C58H80F4N10O11. The molecule has 25 heteroatoms. The molecule has 0 aromatic heterocycles. The fraction of sp³-hybridized carbons (Fsp3) is 0.655. The van der Waals surface area contributed by atoms with E-state index in [4.69, 9.17) is 14.6 Å². The largest absolute Gasteiger partial charge is 0.480 e. The van der Waals surface area contributed by atoms with Crippen LogP contribution in [0.25, 0.3) is 0 Å². The highest BCUT2D eigenvalue weighted by Gasteiger charge is 2.71. The number of fused-ring (bicyclic) bond motifs is 4. The first kappa shape index (κ1) is 62.4. The number of likely N-dealkylation sites (tertiary alicyclic amines) is 3. The van der Waals surface area contributed by atoms with Crippen LogP contribution in [0, 0.1) is 10.8 Å². The summed E-state index contributed by atoms with van der Waals surface area (Å²) in [5.74, 6) is -7.71. The van der Waals surface area contributed by atoms with Gasteiger partial charge in [0.1, 0.15) is 13.1 Å². The average molecular weight is 1170 g/mol. The monoisotopic (exact) mass is 1170 g/mol. The third kappa shape index (κ3) is 11.8. The standard InChI is InChI=1S/C28H35F2N5O5.C15H15N3O6.C13H22F2N2.2CH4/c1-17-3-5-20(14-33-11-9-26(10-12-33)16-28(26,29)30)35(17)22(36)15-34-23(37)27(40-25(34)39)8-7-18-13-19(4-6-21(18)27)32-24(38)31-2;1-16-13(22)17-9-2-3-10-8(6-9)4-5-15(10)12(21)18(7-11(19)20)14(23)24-15;1-10-2-3-11(16-10)8-17-6-4-12(5-7-17)9-13(12,14)15;;/h4,6,13,17,20H,3,5,7-12,14-16H2,1-2H3,(H2,31,32,38);2-3,6H,4-5,7H2,1H3,(H,19,20)(H2,16,17,22);10-11,16H,2-9H2,1H3;2*1H4/t17?,20-,27+;15-;10?,11-;;/m010../s1. The van der Waals surface area contributed by atoms with Gasteiger partial charge in [-0.3, -0.25) is 19.2 Å². The molecule has 12 rings (SSSR count). The van der Waals surface area contributed by atoms with E-state index in [1.54, 1.807) is 41.3 Å². The third-order valence-corrected chi connectivity index (χ3v) is 18.8. The molecule has 0 bridgehead atoms. The highest BCUT2D eigenvalue weighted by molar-refractivity contribution is 6.07. The van der Waals surface area contributed by atoms with Gasteiger partial charge in [0.2, 0.25) is 17.1 Å². The summed E-state index contributed by atoms with van der Waals surface area (Å²) in [5, 5.41) is 22.6. The van der Waals surface area contributed by atoms with Gasteiger partial charge < -0.3 is 55.9 Å². The number of carboxylic acids is 1. The van der Waals surface area contributed by atoms with Crippen molar-refractivity contribution in [2.75, 3.05) is 77.1 Å². The van der Waals surface area contributed by atoms with Gasteiger partial charge in [-0.25, -0.2) is 46.5 Å². The number of hydrogen-bond donors (Lipinski definition) is 6. The van der Waals surface area contributed by atoms with Crippen molar-refractivity contribution < 1.29 is 70.5 Å². The molecule has 2 unspecified atom stereocenters. The highest BCUT2D eigenvalue weighted by Crippen LogP contribution is 2.67. The maximum absolute atomic E-state index is 13.8. The van der Waals surface area contributed by atoms with Crippen LogP contribution in [0.1, 0.15) is 128 Å². The molecular weight excluding hydrogens is 1090 g/mol. The van der Waals surface area contributed by atoms with E-state index >= 15 is 0 Å². The van der Waals surface area contributed by atoms with Crippen molar-refractivity contribution in [2.24, 2.45) is 10.8 Å². The van der Waals surface area contributed by atoms with Gasteiger partial charge in [0.15, 0.2) is 0 Å². The number of hydrogen-bond acceptors (Lipinski definition) is 13. The third-order valence-electron chi connectivity index (χ3n) is 18.8. The lowest BCUT2D eigenvalue weighted by atomic mass is 9.92. The molecule has 9 amide bonds. The van der Waals surface area contributed by atoms with E-state index in [0.29, 0.717) is 97.6 Å². The molecule has 6 N–H and O–H groups in total. The van der Waals surface area contributed by atoms with E-state index in [-0.39, 0.29) is 70.6 Å². The number of benzene rings is 2. The minimum Gasteiger partial charge on any atom is -0.480 e. The Bertz CT molecular complexity index is 2880. The second-order valence-corrected chi connectivity index (χ2v) is 23.9. The molecule has 83 heavy (non-hydrogen) atoms. The van der Waals surface area contributed by atoms with Crippen LogP contribution in [0.2, 0.25) is 0 Å². The van der Waals surface area contributed by atoms with Gasteiger partial charge in [-0.1, -0.05) is 27.0 Å². The summed E-state index contributed by atoms with van der Waals surface area (Å²) in [7, 11) is 3.00. The Morgan fingerprint density at radius 2 is 1.08 bits per heavy atom. The number of carboxylic acid groups (broad SMARTS) is 1. The number of halogens is 4. The zero-order valence-electron chi connectivity index (χ0n) is 46.1. The van der Waals surface area contributed by atoms with Gasteiger partial charge >= 0.3 is 30.2 Å². The van der Waals surface area contributed by atoms with Crippen LogP contribution in [0.3, 0.4) is 0 Å².